The maximum Gasteiger partial charge on any atom is 0.250 e. The quantitative estimate of drug-likeness (QED) is 0.824. The summed E-state index contributed by atoms with van der Waals surface area (Å²) in [5.74, 6) is -0.835. The summed E-state index contributed by atoms with van der Waals surface area (Å²) in [6, 6.07) is 13.3. The molecule has 104 valence electrons. The second-order valence-corrected chi connectivity index (χ2v) is 4.26. The lowest BCUT2D eigenvalue weighted by Crippen LogP contribution is -2.19. The number of halogens is 1. The third-order valence-corrected chi connectivity index (χ3v) is 2.63. The predicted molar refractivity (Wildman–Crippen MR) is 75.5 cm³/mol. The Morgan fingerprint density at radius 2 is 1.95 bits per heavy atom. The number of carbonyl (C=O) groups is 1. The molecule has 0 heterocycles. The highest BCUT2D eigenvalue weighted by Gasteiger charge is 2.06. The Hall–Kier alpha value is -2.40. The molecule has 0 aliphatic rings. The number of hydrogen-bond donors (Lipinski definition) is 2. The fraction of sp³-hybridized carbons (Fsp3) is 0.133. The van der Waals surface area contributed by atoms with Crippen molar-refractivity contribution < 1.29 is 13.9 Å². The third kappa shape index (κ3) is 4.07. The molecule has 0 unspecified atom stereocenters. The van der Waals surface area contributed by atoms with Crippen molar-refractivity contribution in [1.82, 2.24) is 0 Å². The zero-order valence-corrected chi connectivity index (χ0v) is 10.8. The van der Waals surface area contributed by atoms with Crippen LogP contribution in [0.2, 0.25) is 0 Å². The van der Waals surface area contributed by atoms with Gasteiger partial charge in [0.2, 0.25) is 5.91 Å². The van der Waals surface area contributed by atoms with Crippen molar-refractivity contribution in [2.45, 2.75) is 6.61 Å². The summed E-state index contributed by atoms with van der Waals surface area (Å²) < 4.78 is 18.3. The first-order valence-corrected chi connectivity index (χ1v) is 6.11. The van der Waals surface area contributed by atoms with Crippen molar-refractivity contribution in [1.29, 1.82) is 0 Å². The molecule has 2 aromatic carbocycles. The summed E-state index contributed by atoms with van der Waals surface area (Å²) in [6.07, 6.45) is 0. The Bertz CT molecular complexity index is 588. The summed E-state index contributed by atoms with van der Waals surface area (Å²) in [5, 5.41) is 2.51. The van der Waals surface area contributed by atoms with Crippen molar-refractivity contribution in [3.05, 3.63) is 59.9 Å². The maximum absolute atomic E-state index is 13.0. The summed E-state index contributed by atoms with van der Waals surface area (Å²) >= 11 is 0. The molecule has 0 aromatic heterocycles. The van der Waals surface area contributed by atoms with Gasteiger partial charge in [0.15, 0.2) is 0 Å². The first-order valence-electron chi connectivity index (χ1n) is 6.11. The lowest BCUT2D eigenvalue weighted by Gasteiger charge is -2.08. The van der Waals surface area contributed by atoms with Gasteiger partial charge >= 0.3 is 0 Å². The SMILES string of the molecule is Nc1ccc(F)cc1NC(=O)COCc1ccccc1. The maximum atomic E-state index is 13.0. The van der Waals surface area contributed by atoms with E-state index in [2.05, 4.69) is 5.32 Å². The molecule has 0 spiro atoms. The number of nitrogens with one attached hydrogen (secondary N) is 1. The van der Waals surface area contributed by atoms with Crippen LogP contribution in [0.5, 0.6) is 0 Å². The molecule has 20 heavy (non-hydrogen) atoms. The molecule has 5 heteroatoms. The van der Waals surface area contributed by atoms with Crippen molar-refractivity contribution in [2.24, 2.45) is 0 Å². The first-order chi connectivity index (χ1) is 9.65. The Balaban J connectivity index is 1.82. The van der Waals surface area contributed by atoms with Gasteiger partial charge in [-0.05, 0) is 23.8 Å². The topological polar surface area (TPSA) is 64.3 Å². The molecule has 4 nitrogen and oxygen atoms in total. The summed E-state index contributed by atoms with van der Waals surface area (Å²) in [4.78, 5) is 11.7. The van der Waals surface area contributed by atoms with Crippen LogP contribution in [0.4, 0.5) is 15.8 Å². The van der Waals surface area contributed by atoms with Crippen molar-refractivity contribution in [2.75, 3.05) is 17.7 Å². The lowest BCUT2D eigenvalue weighted by atomic mass is 10.2. The van der Waals surface area contributed by atoms with Gasteiger partial charge in [-0.2, -0.15) is 0 Å². The Labute approximate surface area is 116 Å². The van der Waals surface area contributed by atoms with Crippen LogP contribution in [0.3, 0.4) is 0 Å². The Kier molecular flexibility index (Phi) is 4.68. The Morgan fingerprint density at radius 3 is 2.70 bits per heavy atom. The fourth-order valence-corrected chi connectivity index (χ4v) is 1.66. The average Bonchev–Trinajstić information content (AvgIpc) is 2.44. The molecule has 2 rings (SSSR count). The van der Waals surface area contributed by atoms with E-state index in [1.165, 1.54) is 18.2 Å². The number of carbonyl (C=O) groups excluding carboxylic acids is 1. The first kappa shape index (κ1) is 14.0. The van der Waals surface area contributed by atoms with E-state index < -0.39 is 5.82 Å². The van der Waals surface area contributed by atoms with E-state index in [0.29, 0.717) is 12.3 Å². The fourth-order valence-electron chi connectivity index (χ4n) is 1.66. The third-order valence-electron chi connectivity index (χ3n) is 2.63. The molecule has 1 amide bonds. The average molecular weight is 274 g/mol. The minimum Gasteiger partial charge on any atom is -0.397 e. The number of nitrogen functional groups attached to an aromatic ring is 1. The molecular formula is C15H15FN2O2. The summed E-state index contributed by atoms with van der Waals surface area (Å²) in [6.45, 7) is 0.220. The van der Waals surface area contributed by atoms with Gasteiger partial charge in [0.05, 0.1) is 18.0 Å². The van der Waals surface area contributed by atoms with E-state index in [9.17, 15) is 9.18 Å². The van der Waals surface area contributed by atoms with Gasteiger partial charge in [-0.3, -0.25) is 4.79 Å². The standard InChI is InChI=1S/C15H15FN2O2/c16-12-6-7-13(17)14(8-12)18-15(19)10-20-9-11-4-2-1-3-5-11/h1-8H,9-10,17H2,(H,18,19). The zero-order valence-electron chi connectivity index (χ0n) is 10.8. The molecule has 0 radical (unpaired) electrons. The van der Waals surface area contributed by atoms with Crippen LogP contribution in [0, 0.1) is 5.82 Å². The van der Waals surface area contributed by atoms with E-state index in [1.54, 1.807) is 0 Å². The van der Waals surface area contributed by atoms with Crippen LogP contribution >= 0.6 is 0 Å². The van der Waals surface area contributed by atoms with E-state index in [-0.39, 0.29) is 18.2 Å². The lowest BCUT2D eigenvalue weighted by molar-refractivity contribution is -0.121. The molecule has 0 saturated heterocycles. The van der Waals surface area contributed by atoms with Gasteiger partial charge in [-0.1, -0.05) is 30.3 Å². The molecule has 2 aromatic rings. The van der Waals surface area contributed by atoms with Crippen LogP contribution in [-0.2, 0) is 16.1 Å². The smallest absolute Gasteiger partial charge is 0.250 e. The number of ether oxygens (including phenoxy) is 1. The monoisotopic (exact) mass is 274 g/mol. The van der Waals surface area contributed by atoms with Gasteiger partial charge < -0.3 is 15.8 Å². The van der Waals surface area contributed by atoms with Crippen molar-refractivity contribution >= 4 is 17.3 Å². The van der Waals surface area contributed by atoms with Gasteiger partial charge in [0.25, 0.3) is 0 Å². The highest BCUT2D eigenvalue weighted by Crippen LogP contribution is 2.18. The highest BCUT2D eigenvalue weighted by molar-refractivity contribution is 5.94. The molecule has 0 fully saturated rings. The normalized spacial score (nSPS) is 10.2. The number of benzene rings is 2. The molecule has 0 aliphatic heterocycles. The second-order valence-electron chi connectivity index (χ2n) is 4.26. The Morgan fingerprint density at radius 1 is 1.20 bits per heavy atom. The molecular weight excluding hydrogens is 259 g/mol. The molecule has 0 saturated carbocycles. The predicted octanol–water partition coefficient (Wildman–Crippen LogP) is 2.56. The minimum atomic E-state index is -0.459. The van der Waals surface area contributed by atoms with Crippen LogP contribution in [0.15, 0.2) is 48.5 Å². The number of nitrogens with two attached hydrogens (primary N) is 1. The number of amides is 1. The van der Waals surface area contributed by atoms with Gasteiger partial charge in [0.1, 0.15) is 12.4 Å². The molecule has 0 aliphatic carbocycles. The van der Waals surface area contributed by atoms with Crippen LogP contribution in [0.25, 0.3) is 0 Å². The number of rotatable bonds is 5. The molecule has 3 N–H and O–H groups in total. The number of anilines is 2. The van der Waals surface area contributed by atoms with Crippen LogP contribution in [-0.4, -0.2) is 12.5 Å². The molecule has 0 bridgehead atoms. The van der Waals surface area contributed by atoms with Gasteiger partial charge in [-0.15, -0.1) is 0 Å². The minimum absolute atomic E-state index is 0.120. The van der Waals surface area contributed by atoms with Gasteiger partial charge in [-0.25, -0.2) is 4.39 Å². The summed E-state index contributed by atoms with van der Waals surface area (Å²) in [7, 11) is 0. The van der Waals surface area contributed by atoms with Crippen molar-refractivity contribution in [3.8, 4) is 0 Å². The summed E-state index contributed by atoms with van der Waals surface area (Å²) in [5.41, 5.74) is 7.17. The molecule has 0 atom stereocenters. The van der Waals surface area contributed by atoms with Gasteiger partial charge in [0, 0.05) is 0 Å². The van der Waals surface area contributed by atoms with E-state index in [1.807, 2.05) is 30.3 Å². The van der Waals surface area contributed by atoms with Crippen LogP contribution < -0.4 is 11.1 Å². The number of hydrogen-bond acceptors (Lipinski definition) is 3. The van der Waals surface area contributed by atoms with E-state index in [4.69, 9.17) is 10.5 Å². The van der Waals surface area contributed by atoms with Crippen LogP contribution in [0.1, 0.15) is 5.56 Å². The highest BCUT2D eigenvalue weighted by atomic mass is 19.1. The zero-order chi connectivity index (χ0) is 14.4. The second kappa shape index (κ2) is 6.68. The largest absolute Gasteiger partial charge is 0.397 e. The van der Waals surface area contributed by atoms with E-state index >= 15 is 0 Å². The van der Waals surface area contributed by atoms with E-state index in [0.717, 1.165) is 5.56 Å². The van der Waals surface area contributed by atoms with Crippen molar-refractivity contribution in [3.63, 3.8) is 0 Å².